The molecule has 0 bridgehead atoms. The smallest absolute Gasteiger partial charge is 0.244 e. The SMILES string of the molecule is CCCC(C1CCC(C2C(F)C(F)C(C)(C(F)(F)F)C(F)C2F)CC1)C(C)(C)C. The largest absolute Gasteiger partial charge is 0.400 e. The Kier molecular flexibility index (Phi) is 7.32. The van der Waals surface area contributed by atoms with Crippen molar-refractivity contribution >= 4 is 0 Å². The van der Waals surface area contributed by atoms with Crippen LogP contribution < -0.4 is 0 Å². The minimum absolute atomic E-state index is 0.0756. The van der Waals surface area contributed by atoms with Crippen molar-refractivity contribution < 1.29 is 30.7 Å². The van der Waals surface area contributed by atoms with Crippen LogP contribution in [0.25, 0.3) is 0 Å². The summed E-state index contributed by atoms with van der Waals surface area (Å²) in [6.45, 7) is 8.85. The minimum Gasteiger partial charge on any atom is -0.244 e. The van der Waals surface area contributed by atoms with Gasteiger partial charge in [0.1, 0.15) is 30.1 Å². The van der Waals surface area contributed by atoms with E-state index in [1.165, 1.54) is 0 Å². The van der Waals surface area contributed by atoms with Crippen LogP contribution in [0.1, 0.15) is 73.1 Å². The van der Waals surface area contributed by atoms with E-state index in [0.717, 1.165) is 12.8 Å². The Balaban J connectivity index is 2.15. The van der Waals surface area contributed by atoms with E-state index in [2.05, 4.69) is 27.7 Å². The predicted octanol–water partition coefficient (Wildman–Crippen LogP) is 7.81. The first kappa shape index (κ1) is 24.8. The number of rotatable bonds is 4. The molecule has 29 heavy (non-hydrogen) atoms. The van der Waals surface area contributed by atoms with Crippen molar-refractivity contribution in [2.24, 2.45) is 34.5 Å². The maximum absolute atomic E-state index is 14.8. The number of halogens is 7. The Morgan fingerprint density at radius 1 is 0.862 bits per heavy atom. The van der Waals surface area contributed by atoms with E-state index in [9.17, 15) is 30.7 Å². The molecule has 0 saturated heterocycles. The van der Waals surface area contributed by atoms with Crippen molar-refractivity contribution in [1.82, 2.24) is 0 Å². The third-order valence-corrected chi connectivity index (χ3v) is 7.69. The van der Waals surface area contributed by atoms with Crippen LogP contribution in [0.5, 0.6) is 0 Å². The van der Waals surface area contributed by atoms with Gasteiger partial charge in [0.2, 0.25) is 0 Å². The van der Waals surface area contributed by atoms with Crippen LogP contribution in [0.15, 0.2) is 0 Å². The zero-order valence-electron chi connectivity index (χ0n) is 18.0. The highest BCUT2D eigenvalue weighted by Crippen LogP contribution is 2.57. The molecule has 7 heteroatoms. The average Bonchev–Trinajstić information content (AvgIpc) is 2.62. The zero-order chi connectivity index (χ0) is 22.4. The molecule has 2 saturated carbocycles. The first-order chi connectivity index (χ1) is 13.2. The molecular weight excluding hydrogens is 397 g/mol. The summed E-state index contributed by atoms with van der Waals surface area (Å²) in [5.74, 6) is -1.50. The Morgan fingerprint density at radius 3 is 1.66 bits per heavy atom. The van der Waals surface area contributed by atoms with Gasteiger partial charge in [-0.05, 0) is 62.2 Å². The molecule has 0 amide bonds. The van der Waals surface area contributed by atoms with E-state index in [0.29, 0.717) is 37.5 Å². The van der Waals surface area contributed by atoms with Crippen LogP contribution in [-0.4, -0.2) is 30.9 Å². The highest BCUT2D eigenvalue weighted by molar-refractivity contribution is 5.10. The van der Waals surface area contributed by atoms with Gasteiger partial charge in [-0.3, -0.25) is 0 Å². The Morgan fingerprint density at radius 2 is 1.31 bits per heavy atom. The molecule has 5 unspecified atom stereocenters. The van der Waals surface area contributed by atoms with Gasteiger partial charge in [0.05, 0.1) is 0 Å². The second kappa shape index (κ2) is 8.57. The van der Waals surface area contributed by atoms with Crippen molar-refractivity contribution in [3.8, 4) is 0 Å². The van der Waals surface area contributed by atoms with Gasteiger partial charge < -0.3 is 0 Å². The lowest BCUT2D eigenvalue weighted by Crippen LogP contribution is -2.64. The van der Waals surface area contributed by atoms with Gasteiger partial charge in [-0.2, -0.15) is 13.2 Å². The Bertz CT molecular complexity index is 514. The fourth-order valence-electron chi connectivity index (χ4n) is 5.83. The van der Waals surface area contributed by atoms with Gasteiger partial charge in [0, 0.05) is 5.92 Å². The summed E-state index contributed by atoms with van der Waals surface area (Å²) in [7, 11) is 0. The lowest BCUT2D eigenvalue weighted by Gasteiger charge is -2.50. The van der Waals surface area contributed by atoms with E-state index in [-0.39, 0.29) is 12.3 Å². The average molecular weight is 433 g/mol. The van der Waals surface area contributed by atoms with Gasteiger partial charge in [0.15, 0.2) is 0 Å². The molecule has 2 aliphatic carbocycles. The fourth-order valence-corrected chi connectivity index (χ4v) is 5.83. The number of hydrogen-bond acceptors (Lipinski definition) is 0. The molecule has 5 atom stereocenters. The third kappa shape index (κ3) is 4.44. The van der Waals surface area contributed by atoms with E-state index in [4.69, 9.17) is 0 Å². The second-order valence-corrected chi connectivity index (χ2v) is 10.5. The monoisotopic (exact) mass is 432 g/mol. The second-order valence-electron chi connectivity index (χ2n) is 10.5. The fraction of sp³-hybridized carbons (Fsp3) is 1.00. The van der Waals surface area contributed by atoms with E-state index < -0.39 is 48.1 Å². The molecule has 0 N–H and O–H groups in total. The summed E-state index contributed by atoms with van der Waals surface area (Å²) in [5.41, 5.74) is -3.58. The van der Waals surface area contributed by atoms with Gasteiger partial charge in [-0.25, -0.2) is 17.6 Å². The number of hydrogen-bond donors (Lipinski definition) is 0. The van der Waals surface area contributed by atoms with Gasteiger partial charge >= 0.3 is 6.18 Å². The van der Waals surface area contributed by atoms with Crippen LogP contribution in [0.3, 0.4) is 0 Å². The quantitative estimate of drug-likeness (QED) is 0.398. The minimum atomic E-state index is -5.36. The molecule has 0 aromatic carbocycles. The number of alkyl halides is 7. The molecule has 2 rings (SSSR count). The molecule has 0 spiro atoms. The third-order valence-electron chi connectivity index (χ3n) is 7.69. The van der Waals surface area contributed by atoms with Crippen molar-refractivity contribution in [2.75, 3.05) is 0 Å². The predicted molar refractivity (Wildman–Crippen MR) is 101 cm³/mol. The van der Waals surface area contributed by atoms with E-state index >= 15 is 0 Å². The molecular formula is C22H35F7. The molecule has 0 aromatic rings. The molecule has 0 aliphatic heterocycles. The van der Waals surface area contributed by atoms with Crippen molar-refractivity contribution in [3.63, 3.8) is 0 Å². The van der Waals surface area contributed by atoms with Crippen molar-refractivity contribution in [3.05, 3.63) is 0 Å². The van der Waals surface area contributed by atoms with Crippen LogP contribution >= 0.6 is 0 Å². The van der Waals surface area contributed by atoms with Crippen LogP contribution in [0.4, 0.5) is 30.7 Å². The van der Waals surface area contributed by atoms with Crippen molar-refractivity contribution in [1.29, 1.82) is 0 Å². The molecule has 2 fully saturated rings. The summed E-state index contributed by atoms with van der Waals surface area (Å²) in [4.78, 5) is 0. The maximum Gasteiger partial charge on any atom is 0.400 e. The molecule has 172 valence electrons. The molecule has 2 aliphatic rings. The summed E-state index contributed by atoms with van der Waals surface area (Å²) in [6.07, 6.45) is -12.6. The lowest BCUT2D eigenvalue weighted by molar-refractivity contribution is -0.294. The molecule has 0 aromatic heterocycles. The van der Waals surface area contributed by atoms with Crippen LogP contribution in [-0.2, 0) is 0 Å². The van der Waals surface area contributed by atoms with Crippen molar-refractivity contribution in [2.45, 2.75) is 104 Å². The summed E-state index contributed by atoms with van der Waals surface area (Å²) >= 11 is 0. The first-order valence-electron chi connectivity index (χ1n) is 10.8. The summed E-state index contributed by atoms with van der Waals surface area (Å²) < 4.78 is 98.3. The normalized spacial score (nSPS) is 43.2. The zero-order valence-corrected chi connectivity index (χ0v) is 18.0. The van der Waals surface area contributed by atoms with Gasteiger partial charge in [0.25, 0.3) is 0 Å². The lowest BCUT2D eigenvalue weighted by atomic mass is 9.59. The van der Waals surface area contributed by atoms with Gasteiger partial charge in [-0.1, -0.05) is 34.1 Å². The van der Waals surface area contributed by atoms with Crippen LogP contribution in [0, 0.1) is 34.5 Å². The van der Waals surface area contributed by atoms with Crippen LogP contribution in [0.2, 0.25) is 0 Å². The topological polar surface area (TPSA) is 0 Å². The Labute approximate surface area is 170 Å². The summed E-state index contributed by atoms with van der Waals surface area (Å²) in [5, 5.41) is 0. The summed E-state index contributed by atoms with van der Waals surface area (Å²) in [6, 6.07) is 0. The highest BCUT2D eigenvalue weighted by atomic mass is 19.4. The molecule has 0 nitrogen and oxygen atoms in total. The van der Waals surface area contributed by atoms with E-state index in [1.54, 1.807) is 0 Å². The maximum atomic E-state index is 14.8. The Hall–Kier alpha value is -0.490. The first-order valence-corrected chi connectivity index (χ1v) is 10.8. The highest BCUT2D eigenvalue weighted by Gasteiger charge is 2.71. The van der Waals surface area contributed by atoms with E-state index in [1.807, 2.05) is 0 Å². The molecule has 0 heterocycles. The van der Waals surface area contributed by atoms with Gasteiger partial charge in [-0.15, -0.1) is 0 Å². The standard InChI is InChI=1S/C22H35F7/c1-6-7-14(20(2,3)4)12-8-10-13(11-9-12)15-16(23)18(25)21(5,22(27,28)29)19(26)17(15)24/h12-19H,6-11H2,1-5H3. The molecule has 0 radical (unpaired) electrons.